The summed E-state index contributed by atoms with van der Waals surface area (Å²) in [7, 11) is 0. The molecule has 5 heteroatoms. The summed E-state index contributed by atoms with van der Waals surface area (Å²) < 4.78 is 12.8. The number of aldehydes is 1. The number of pyridine rings is 1. The van der Waals surface area contributed by atoms with Gasteiger partial charge in [-0.3, -0.25) is 9.59 Å². The summed E-state index contributed by atoms with van der Waals surface area (Å²) in [6, 6.07) is 1.25. The first kappa shape index (κ1) is 10.9. The van der Waals surface area contributed by atoms with Gasteiger partial charge in [-0.05, 0) is 6.07 Å². The number of nitrogens with zero attached hydrogens (tertiary/aromatic N) is 1. The minimum absolute atomic E-state index is 0.0895. The van der Waals surface area contributed by atoms with Gasteiger partial charge in [-0.25, -0.2) is 4.98 Å². The van der Waals surface area contributed by atoms with Crippen molar-refractivity contribution in [2.75, 3.05) is 0 Å². The molecule has 1 aromatic rings. The Labute approximate surface area is 85.3 Å². The highest BCUT2D eigenvalue weighted by Crippen LogP contribution is 2.03. The number of aromatic nitrogens is 1. The van der Waals surface area contributed by atoms with E-state index in [0.29, 0.717) is 11.8 Å². The van der Waals surface area contributed by atoms with E-state index in [4.69, 9.17) is 5.73 Å². The molecule has 0 saturated heterocycles. The van der Waals surface area contributed by atoms with Crippen molar-refractivity contribution in [1.82, 2.24) is 4.98 Å². The van der Waals surface area contributed by atoms with Gasteiger partial charge in [-0.2, -0.15) is 4.39 Å². The molecule has 1 amide bonds. The minimum atomic E-state index is -0.842. The average molecular weight is 206 g/mol. The maximum Gasteiger partial charge on any atom is 0.229 e. The lowest BCUT2D eigenvalue weighted by atomic mass is 10.2. The van der Waals surface area contributed by atoms with Gasteiger partial charge in [0.25, 0.3) is 0 Å². The van der Waals surface area contributed by atoms with Crippen LogP contribution in [-0.4, -0.2) is 17.2 Å². The lowest BCUT2D eigenvalue weighted by Crippen LogP contribution is -2.08. The van der Waals surface area contributed by atoms with Gasteiger partial charge in [0.2, 0.25) is 11.9 Å². The van der Waals surface area contributed by atoms with Crippen LogP contribution in [0.25, 0.3) is 0 Å². The SMILES string of the molecule is NC(=O)CC#Cc1cnc(F)c(C=O)c1. The van der Waals surface area contributed by atoms with Gasteiger partial charge in [0, 0.05) is 11.8 Å². The van der Waals surface area contributed by atoms with Crippen LogP contribution in [-0.2, 0) is 4.79 Å². The molecule has 15 heavy (non-hydrogen) atoms. The second-order valence-corrected chi connectivity index (χ2v) is 2.67. The molecule has 0 atom stereocenters. The van der Waals surface area contributed by atoms with E-state index in [1.807, 2.05) is 0 Å². The van der Waals surface area contributed by atoms with Crippen LogP contribution in [0.2, 0.25) is 0 Å². The molecule has 0 aliphatic rings. The molecule has 1 aromatic heterocycles. The Bertz CT molecular complexity index is 460. The zero-order valence-electron chi connectivity index (χ0n) is 7.66. The topological polar surface area (TPSA) is 73.1 Å². The van der Waals surface area contributed by atoms with Crippen LogP contribution < -0.4 is 5.73 Å². The molecule has 2 N–H and O–H groups in total. The van der Waals surface area contributed by atoms with E-state index in [-0.39, 0.29) is 12.0 Å². The van der Waals surface area contributed by atoms with Crippen LogP contribution in [0, 0.1) is 17.8 Å². The van der Waals surface area contributed by atoms with E-state index in [1.165, 1.54) is 12.3 Å². The first-order valence-corrected chi connectivity index (χ1v) is 4.01. The fourth-order valence-electron chi connectivity index (χ4n) is 0.849. The number of rotatable bonds is 2. The third kappa shape index (κ3) is 3.19. The van der Waals surface area contributed by atoms with Crippen molar-refractivity contribution in [1.29, 1.82) is 0 Å². The third-order valence-corrected chi connectivity index (χ3v) is 1.49. The van der Waals surface area contributed by atoms with Crippen molar-refractivity contribution in [3.05, 3.63) is 29.3 Å². The largest absolute Gasteiger partial charge is 0.369 e. The van der Waals surface area contributed by atoms with Gasteiger partial charge >= 0.3 is 0 Å². The number of amides is 1. The van der Waals surface area contributed by atoms with Gasteiger partial charge in [-0.15, -0.1) is 0 Å². The summed E-state index contributed by atoms with van der Waals surface area (Å²) in [5, 5.41) is 0. The Hall–Kier alpha value is -2.22. The molecule has 0 unspecified atom stereocenters. The molecule has 0 aromatic carbocycles. The quantitative estimate of drug-likeness (QED) is 0.428. The van der Waals surface area contributed by atoms with Crippen LogP contribution in [0.3, 0.4) is 0 Å². The van der Waals surface area contributed by atoms with Gasteiger partial charge < -0.3 is 5.73 Å². The molecule has 0 bridgehead atoms. The molecule has 1 heterocycles. The van der Waals surface area contributed by atoms with Crippen molar-refractivity contribution in [3.63, 3.8) is 0 Å². The molecule has 76 valence electrons. The first-order chi connectivity index (χ1) is 7.13. The monoisotopic (exact) mass is 206 g/mol. The highest BCUT2D eigenvalue weighted by Gasteiger charge is 2.01. The second-order valence-electron chi connectivity index (χ2n) is 2.67. The number of hydrogen-bond acceptors (Lipinski definition) is 3. The molecule has 1 rings (SSSR count). The second kappa shape index (κ2) is 4.86. The van der Waals surface area contributed by atoms with Crippen molar-refractivity contribution in [2.45, 2.75) is 6.42 Å². The van der Waals surface area contributed by atoms with Crippen LogP contribution in [0.5, 0.6) is 0 Å². The standard InChI is InChI=1S/C10H7FN2O2/c11-10-8(6-14)4-7(5-13-10)2-1-3-9(12)15/h4-6H,3H2,(H2,12,15). The van der Waals surface area contributed by atoms with Crippen molar-refractivity contribution in [3.8, 4) is 11.8 Å². The fraction of sp³-hybridized carbons (Fsp3) is 0.100. The van der Waals surface area contributed by atoms with E-state index in [1.54, 1.807) is 0 Å². The lowest BCUT2D eigenvalue weighted by Gasteiger charge is -1.93. The third-order valence-electron chi connectivity index (χ3n) is 1.49. The molecular formula is C10H7FN2O2. The molecule has 0 radical (unpaired) electrons. The van der Waals surface area contributed by atoms with Gasteiger partial charge in [-0.1, -0.05) is 11.8 Å². The molecule has 0 saturated carbocycles. The van der Waals surface area contributed by atoms with Crippen LogP contribution >= 0.6 is 0 Å². The highest BCUT2D eigenvalue weighted by atomic mass is 19.1. The number of primary amides is 1. The molecule has 0 aliphatic carbocycles. The predicted molar refractivity (Wildman–Crippen MR) is 50.3 cm³/mol. The number of carbonyl (C=O) groups is 2. The van der Waals surface area contributed by atoms with Crippen LogP contribution in [0.4, 0.5) is 4.39 Å². The van der Waals surface area contributed by atoms with Crippen molar-refractivity contribution in [2.24, 2.45) is 5.73 Å². The number of hydrogen-bond donors (Lipinski definition) is 1. The normalized spacial score (nSPS) is 8.87. The highest BCUT2D eigenvalue weighted by molar-refractivity contribution is 5.77. The van der Waals surface area contributed by atoms with Gasteiger partial charge in [0.15, 0.2) is 6.29 Å². The van der Waals surface area contributed by atoms with E-state index in [2.05, 4.69) is 16.8 Å². The number of carbonyl (C=O) groups excluding carboxylic acids is 2. The maximum atomic E-state index is 12.8. The van der Waals surface area contributed by atoms with E-state index in [0.717, 1.165) is 0 Å². The molecule has 0 aliphatic heterocycles. The summed E-state index contributed by atoms with van der Waals surface area (Å²) in [5.41, 5.74) is 5.06. The Balaban J connectivity index is 2.90. The summed E-state index contributed by atoms with van der Waals surface area (Å²) >= 11 is 0. The van der Waals surface area contributed by atoms with Crippen molar-refractivity contribution >= 4 is 12.2 Å². The first-order valence-electron chi connectivity index (χ1n) is 4.01. The number of halogens is 1. The van der Waals surface area contributed by atoms with E-state index < -0.39 is 11.9 Å². The molecule has 0 fully saturated rings. The average Bonchev–Trinajstić information content (AvgIpc) is 2.20. The summed E-state index contributed by atoms with van der Waals surface area (Å²) in [5.74, 6) is 3.62. The number of nitrogens with two attached hydrogens (primary N) is 1. The zero-order valence-corrected chi connectivity index (χ0v) is 7.66. The zero-order chi connectivity index (χ0) is 11.3. The van der Waals surface area contributed by atoms with Crippen LogP contribution in [0.15, 0.2) is 12.3 Å². The summed E-state index contributed by atoms with van der Waals surface area (Å²) in [6.07, 6.45) is 1.44. The Morgan fingerprint density at radius 2 is 2.40 bits per heavy atom. The summed E-state index contributed by atoms with van der Waals surface area (Å²) in [6.45, 7) is 0. The van der Waals surface area contributed by atoms with Gasteiger partial charge in [0.1, 0.15) is 0 Å². The molecular weight excluding hydrogens is 199 g/mol. The maximum absolute atomic E-state index is 12.8. The fourth-order valence-corrected chi connectivity index (χ4v) is 0.849. The molecule has 0 spiro atoms. The predicted octanol–water partition coefficient (Wildman–Crippen LogP) is 0.260. The Morgan fingerprint density at radius 1 is 1.67 bits per heavy atom. The Kier molecular flexibility index (Phi) is 3.52. The minimum Gasteiger partial charge on any atom is -0.369 e. The molecule has 4 nitrogen and oxygen atoms in total. The van der Waals surface area contributed by atoms with E-state index in [9.17, 15) is 14.0 Å². The Morgan fingerprint density at radius 3 is 3.00 bits per heavy atom. The van der Waals surface area contributed by atoms with E-state index >= 15 is 0 Å². The van der Waals surface area contributed by atoms with Crippen molar-refractivity contribution < 1.29 is 14.0 Å². The van der Waals surface area contributed by atoms with Crippen LogP contribution in [0.1, 0.15) is 22.3 Å². The lowest BCUT2D eigenvalue weighted by molar-refractivity contribution is -0.117. The summed E-state index contributed by atoms with van der Waals surface area (Å²) in [4.78, 5) is 24.0. The smallest absolute Gasteiger partial charge is 0.229 e. The van der Waals surface area contributed by atoms with Gasteiger partial charge in [0.05, 0.1) is 12.0 Å².